The van der Waals surface area contributed by atoms with Crippen molar-refractivity contribution in [2.24, 2.45) is 5.92 Å². The fourth-order valence-corrected chi connectivity index (χ4v) is 4.57. The summed E-state index contributed by atoms with van der Waals surface area (Å²) < 4.78 is 6.46. The van der Waals surface area contributed by atoms with Crippen molar-refractivity contribution in [3.63, 3.8) is 0 Å². The van der Waals surface area contributed by atoms with Crippen LogP contribution in [0.3, 0.4) is 0 Å². The normalized spacial score (nSPS) is 36.9. The second-order valence-corrected chi connectivity index (χ2v) is 7.43. The van der Waals surface area contributed by atoms with Crippen LogP contribution in [0.25, 0.3) is 0 Å². The quantitative estimate of drug-likeness (QED) is 0.869. The Bertz CT molecular complexity index is 378. The third-order valence-electron chi connectivity index (χ3n) is 5.90. The number of nitrogens with zero attached hydrogens (tertiary/aromatic N) is 1. The first-order chi connectivity index (χ1) is 10.1. The molecule has 2 aliphatic heterocycles. The van der Waals surface area contributed by atoms with Gasteiger partial charge in [0.2, 0.25) is 0 Å². The molecular formula is C17H29NO3. The highest BCUT2D eigenvalue weighted by molar-refractivity contribution is 5.70. The molecule has 120 valence electrons. The second kappa shape index (κ2) is 6.25. The molecule has 4 heteroatoms. The lowest BCUT2D eigenvalue weighted by Crippen LogP contribution is -2.46. The van der Waals surface area contributed by atoms with Gasteiger partial charge in [-0.2, -0.15) is 0 Å². The summed E-state index contributed by atoms with van der Waals surface area (Å²) in [6, 6.07) is 0.367. The number of piperidine rings is 1. The molecule has 3 atom stereocenters. The number of rotatable bonds is 3. The van der Waals surface area contributed by atoms with Crippen molar-refractivity contribution in [1.82, 2.24) is 4.90 Å². The van der Waals surface area contributed by atoms with Crippen LogP contribution in [0.5, 0.6) is 0 Å². The van der Waals surface area contributed by atoms with E-state index < -0.39 is 5.97 Å². The molecule has 21 heavy (non-hydrogen) atoms. The summed E-state index contributed by atoms with van der Waals surface area (Å²) in [7, 11) is 0. The summed E-state index contributed by atoms with van der Waals surface area (Å²) in [5.74, 6) is -0.773. The molecule has 1 saturated carbocycles. The molecule has 0 aromatic rings. The van der Waals surface area contributed by atoms with Crippen LogP contribution in [0.2, 0.25) is 0 Å². The Morgan fingerprint density at radius 3 is 2.67 bits per heavy atom. The predicted octanol–water partition coefficient (Wildman–Crippen LogP) is 3.05. The topological polar surface area (TPSA) is 49.8 Å². The summed E-state index contributed by atoms with van der Waals surface area (Å²) in [6.45, 7) is 4.07. The highest BCUT2D eigenvalue weighted by Gasteiger charge is 2.42. The van der Waals surface area contributed by atoms with E-state index in [1.54, 1.807) is 0 Å². The SMILES string of the molecule is CC1CC(C(=O)O)CCN1CC1CCC2(CCCCC2)O1. The smallest absolute Gasteiger partial charge is 0.306 e. The minimum absolute atomic E-state index is 0.148. The van der Waals surface area contributed by atoms with Gasteiger partial charge in [-0.15, -0.1) is 0 Å². The van der Waals surface area contributed by atoms with Crippen LogP contribution in [0.1, 0.15) is 64.7 Å². The van der Waals surface area contributed by atoms with E-state index in [1.165, 1.54) is 44.9 Å². The molecule has 1 spiro atoms. The van der Waals surface area contributed by atoms with Gasteiger partial charge in [0.1, 0.15) is 0 Å². The fraction of sp³-hybridized carbons (Fsp3) is 0.941. The Hall–Kier alpha value is -0.610. The molecule has 2 saturated heterocycles. The maximum absolute atomic E-state index is 11.1. The maximum Gasteiger partial charge on any atom is 0.306 e. The highest BCUT2D eigenvalue weighted by atomic mass is 16.5. The van der Waals surface area contributed by atoms with E-state index in [1.807, 2.05) is 0 Å². The Kier molecular flexibility index (Phi) is 4.55. The molecule has 0 aromatic heterocycles. The van der Waals surface area contributed by atoms with E-state index in [9.17, 15) is 4.79 Å². The van der Waals surface area contributed by atoms with Gasteiger partial charge in [-0.25, -0.2) is 0 Å². The van der Waals surface area contributed by atoms with Crippen LogP contribution >= 0.6 is 0 Å². The zero-order valence-corrected chi connectivity index (χ0v) is 13.2. The Labute approximate surface area is 127 Å². The molecule has 3 fully saturated rings. The molecule has 0 amide bonds. The number of carbonyl (C=O) groups is 1. The number of ether oxygens (including phenoxy) is 1. The molecule has 1 N–H and O–H groups in total. The monoisotopic (exact) mass is 295 g/mol. The van der Waals surface area contributed by atoms with Gasteiger partial charge < -0.3 is 9.84 Å². The molecule has 0 bridgehead atoms. The molecule has 1 aliphatic carbocycles. The Balaban J connectivity index is 1.50. The first kappa shape index (κ1) is 15.3. The summed E-state index contributed by atoms with van der Waals surface area (Å²) in [4.78, 5) is 13.6. The first-order valence-electron chi connectivity index (χ1n) is 8.73. The van der Waals surface area contributed by atoms with Gasteiger partial charge in [0.15, 0.2) is 0 Å². The van der Waals surface area contributed by atoms with Gasteiger partial charge in [0.25, 0.3) is 0 Å². The van der Waals surface area contributed by atoms with Gasteiger partial charge in [-0.3, -0.25) is 9.69 Å². The van der Waals surface area contributed by atoms with E-state index in [2.05, 4.69) is 11.8 Å². The lowest BCUT2D eigenvalue weighted by atomic mass is 9.83. The number of carboxylic acids is 1. The lowest BCUT2D eigenvalue weighted by molar-refractivity contribution is -0.144. The summed E-state index contributed by atoms with van der Waals surface area (Å²) in [5.41, 5.74) is 0.200. The van der Waals surface area contributed by atoms with E-state index in [4.69, 9.17) is 9.84 Å². The van der Waals surface area contributed by atoms with Crippen LogP contribution in [0.4, 0.5) is 0 Å². The van der Waals surface area contributed by atoms with Crippen LogP contribution in [0.15, 0.2) is 0 Å². The number of aliphatic carboxylic acids is 1. The van der Waals surface area contributed by atoms with Crippen LogP contribution in [-0.2, 0) is 9.53 Å². The van der Waals surface area contributed by atoms with Crippen molar-refractivity contribution in [1.29, 1.82) is 0 Å². The minimum Gasteiger partial charge on any atom is -0.481 e. The van der Waals surface area contributed by atoms with E-state index >= 15 is 0 Å². The van der Waals surface area contributed by atoms with Gasteiger partial charge in [-0.1, -0.05) is 19.3 Å². The molecule has 0 radical (unpaired) electrons. The van der Waals surface area contributed by atoms with Crippen LogP contribution in [-0.4, -0.2) is 46.8 Å². The largest absolute Gasteiger partial charge is 0.481 e. The van der Waals surface area contributed by atoms with Crippen molar-refractivity contribution >= 4 is 5.97 Å². The van der Waals surface area contributed by atoms with E-state index in [0.717, 1.165) is 25.9 Å². The van der Waals surface area contributed by atoms with Gasteiger partial charge in [0.05, 0.1) is 17.6 Å². The van der Waals surface area contributed by atoms with Crippen molar-refractivity contribution in [2.75, 3.05) is 13.1 Å². The van der Waals surface area contributed by atoms with E-state index in [0.29, 0.717) is 12.1 Å². The average Bonchev–Trinajstić information content (AvgIpc) is 2.84. The minimum atomic E-state index is -0.625. The van der Waals surface area contributed by atoms with Crippen molar-refractivity contribution < 1.29 is 14.6 Å². The summed E-state index contributed by atoms with van der Waals surface area (Å²) in [5, 5.41) is 9.15. The highest BCUT2D eigenvalue weighted by Crippen LogP contribution is 2.42. The lowest BCUT2D eigenvalue weighted by Gasteiger charge is -2.38. The Morgan fingerprint density at radius 2 is 2.00 bits per heavy atom. The van der Waals surface area contributed by atoms with Gasteiger partial charge in [-0.05, 0) is 52.0 Å². The second-order valence-electron chi connectivity index (χ2n) is 7.43. The molecule has 3 rings (SSSR count). The van der Waals surface area contributed by atoms with E-state index in [-0.39, 0.29) is 11.5 Å². The summed E-state index contributed by atoms with van der Waals surface area (Å²) in [6.07, 6.45) is 10.9. The van der Waals surface area contributed by atoms with Crippen LogP contribution < -0.4 is 0 Å². The molecule has 0 aromatic carbocycles. The molecular weight excluding hydrogens is 266 g/mol. The zero-order valence-electron chi connectivity index (χ0n) is 13.2. The van der Waals surface area contributed by atoms with Crippen molar-refractivity contribution in [2.45, 2.75) is 82.5 Å². The molecule has 3 aliphatic rings. The third kappa shape index (κ3) is 3.42. The number of likely N-dealkylation sites (tertiary alicyclic amines) is 1. The van der Waals surface area contributed by atoms with Gasteiger partial charge in [0, 0.05) is 12.6 Å². The van der Waals surface area contributed by atoms with Crippen LogP contribution in [0, 0.1) is 5.92 Å². The predicted molar refractivity (Wildman–Crippen MR) is 81.3 cm³/mol. The third-order valence-corrected chi connectivity index (χ3v) is 5.90. The maximum atomic E-state index is 11.1. The van der Waals surface area contributed by atoms with Gasteiger partial charge >= 0.3 is 5.97 Å². The molecule has 4 nitrogen and oxygen atoms in total. The zero-order chi connectivity index (χ0) is 14.9. The average molecular weight is 295 g/mol. The van der Waals surface area contributed by atoms with Crippen molar-refractivity contribution in [3.05, 3.63) is 0 Å². The molecule has 3 unspecified atom stereocenters. The number of hydrogen-bond donors (Lipinski definition) is 1. The number of hydrogen-bond acceptors (Lipinski definition) is 3. The van der Waals surface area contributed by atoms with Crippen molar-refractivity contribution in [3.8, 4) is 0 Å². The molecule has 2 heterocycles. The Morgan fingerprint density at radius 1 is 1.24 bits per heavy atom. The summed E-state index contributed by atoms with van der Waals surface area (Å²) >= 11 is 0. The first-order valence-corrected chi connectivity index (χ1v) is 8.73. The number of carboxylic acid groups (broad SMARTS) is 1. The fourth-order valence-electron chi connectivity index (χ4n) is 4.57. The standard InChI is InChI=1S/C17H29NO3/c1-13-11-14(16(19)20)6-10-18(13)12-15-5-9-17(21-15)7-3-2-4-8-17/h13-15H,2-12H2,1H3,(H,19,20).